The largest absolute Gasteiger partial charge is 0.478 e. The van der Waals surface area contributed by atoms with Crippen molar-refractivity contribution < 1.29 is 14.7 Å². The maximum absolute atomic E-state index is 11.6. The Bertz CT molecular complexity index is 319. The SMILES string of the molecule is O=C(O)C1=CN(C2CCNCC2)C(=O)C1. The van der Waals surface area contributed by atoms with Crippen LogP contribution >= 0.6 is 0 Å². The van der Waals surface area contributed by atoms with Gasteiger partial charge < -0.3 is 15.3 Å². The summed E-state index contributed by atoms with van der Waals surface area (Å²) in [5.74, 6) is -1.07. The summed E-state index contributed by atoms with van der Waals surface area (Å²) in [7, 11) is 0. The van der Waals surface area contributed by atoms with Crippen LogP contribution in [0.1, 0.15) is 19.3 Å². The van der Waals surface area contributed by atoms with E-state index in [-0.39, 0.29) is 23.9 Å². The van der Waals surface area contributed by atoms with Crippen molar-refractivity contribution in [2.75, 3.05) is 13.1 Å². The van der Waals surface area contributed by atoms with E-state index in [0.29, 0.717) is 0 Å². The minimum absolute atomic E-state index is 0.0409. The number of amides is 1. The summed E-state index contributed by atoms with van der Waals surface area (Å²) < 4.78 is 0. The predicted molar refractivity (Wildman–Crippen MR) is 53.1 cm³/mol. The summed E-state index contributed by atoms with van der Waals surface area (Å²) >= 11 is 0. The van der Waals surface area contributed by atoms with Crippen LogP contribution in [0.2, 0.25) is 0 Å². The van der Waals surface area contributed by atoms with Crippen molar-refractivity contribution >= 4 is 11.9 Å². The Morgan fingerprint density at radius 2 is 2.13 bits per heavy atom. The van der Waals surface area contributed by atoms with Crippen LogP contribution in [0.3, 0.4) is 0 Å². The highest BCUT2D eigenvalue weighted by Crippen LogP contribution is 2.22. The molecule has 0 radical (unpaired) electrons. The van der Waals surface area contributed by atoms with Crippen LogP contribution in [0.4, 0.5) is 0 Å². The van der Waals surface area contributed by atoms with Crippen LogP contribution < -0.4 is 5.32 Å². The van der Waals surface area contributed by atoms with Gasteiger partial charge in [-0.05, 0) is 25.9 Å². The molecule has 15 heavy (non-hydrogen) atoms. The van der Waals surface area contributed by atoms with E-state index in [1.807, 2.05) is 0 Å². The van der Waals surface area contributed by atoms with Crippen LogP contribution in [0.5, 0.6) is 0 Å². The van der Waals surface area contributed by atoms with Gasteiger partial charge in [-0.2, -0.15) is 0 Å². The zero-order valence-corrected chi connectivity index (χ0v) is 8.40. The number of rotatable bonds is 2. The third-order valence-electron chi connectivity index (χ3n) is 2.90. The normalized spacial score (nSPS) is 23.1. The molecule has 1 saturated heterocycles. The second kappa shape index (κ2) is 4.02. The lowest BCUT2D eigenvalue weighted by Gasteiger charge is -2.29. The molecule has 2 rings (SSSR count). The van der Waals surface area contributed by atoms with Gasteiger partial charge in [0.05, 0.1) is 12.0 Å². The monoisotopic (exact) mass is 210 g/mol. The van der Waals surface area contributed by atoms with Gasteiger partial charge in [-0.25, -0.2) is 4.79 Å². The topological polar surface area (TPSA) is 69.6 Å². The van der Waals surface area contributed by atoms with Crippen molar-refractivity contribution in [3.63, 3.8) is 0 Å². The second-order valence-corrected chi connectivity index (χ2v) is 3.92. The highest BCUT2D eigenvalue weighted by Gasteiger charge is 2.31. The average molecular weight is 210 g/mol. The fraction of sp³-hybridized carbons (Fsp3) is 0.600. The number of aliphatic carboxylic acids is 1. The Kier molecular flexibility index (Phi) is 2.73. The fourth-order valence-corrected chi connectivity index (χ4v) is 2.06. The van der Waals surface area contributed by atoms with Gasteiger partial charge in [0.1, 0.15) is 0 Å². The second-order valence-electron chi connectivity index (χ2n) is 3.92. The van der Waals surface area contributed by atoms with Crippen molar-refractivity contribution in [2.45, 2.75) is 25.3 Å². The molecular weight excluding hydrogens is 196 g/mol. The average Bonchev–Trinajstić information content (AvgIpc) is 2.62. The molecule has 1 amide bonds. The van der Waals surface area contributed by atoms with Crippen LogP contribution in [-0.4, -0.2) is 41.0 Å². The molecule has 2 aliphatic rings. The van der Waals surface area contributed by atoms with Crippen molar-refractivity contribution in [1.29, 1.82) is 0 Å². The van der Waals surface area contributed by atoms with Crippen molar-refractivity contribution in [1.82, 2.24) is 10.2 Å². The molecule has 0 aromatic rings. The molecule has 0 spiro atoms. The van der Waals surface area contributed by atoms with Gasteiger partial charge in [0.2, 0.25) is 5.91 Å². The molecule has 1 fully saturated rings. The molecule has 0 aromatic carbocycles. The molecule has 0 atom stereocenters. The van der Waals surface area contributed by atoms with Crippen molar-refractivity contribution in [2.24, 2.45) is 0 Å². The molecule has 0 saturated carbocycles. The zero-order chi connectivity index (χ0) is 10.8. The number of nitrogens with zero attached hydrogens (tertiary/aromatic N) is 1. The zero-order valence-electron chi connectivity index (χ0n) is 8.40. The molecule has 0 unspecified atom stereocenters. The predicted octanol–water partition coefficient (Wildman–Crippen LogP) is -0.0608. The number of nitrogens with one attached hydrogen (secondary N) is 1. The van der Waals surface area contributed by atoms with Crippen LogP contribution in [0, 0.1) is 0 Å². The summed E-state index contributed by atoms with van der Waals surface area (Å²) in [5.41, 5.74) is 0.207. The van der Waals surface area contributed by atoms with Gasteiger partial charge in [-0.3, -0.25) is 4.79 Å². The van der Waals surface area contributed by atoms with E-state index < -0.39 is 5.97 Å². The first-order valence-corrected chi connectivity index (χ1v) is 5.14. The third-order valence-corrected chi connectivity index (χ3v) is 2.90. The Morgan fingerprint density at radius 3 is 2.67 bits per heavy atom. The maximum atomic E-state index is 11.6. The number of piperidine rings is 1. The van der Waals surface area contributed by atoms with E-state index in [2.05, 4.69) is 5.32 Å². The number of carbonyl (C=O) groups is 2. The highest BCUT2D eigenvalue weighted by atomic mass is 16.4. The number of hydrogen-bond donors (Lipinski definition) is 2. The lowest BCUT2D eigenvalue weighted by molar-refractivity contribution is -0.134. The van der Waals surface area contributed by atoms with Crippen LogP contribution in [0.25, 0.3) is 0 Å². The Labute approximate surface area is 87.7 Å². The third kappa shape index (κ3) is 2.02. The summed E-state index contributed by atoms with van der Waals surface area (Å²) in [5, 5.41) is 12.0. The molecule has 2 aliphatic heterocycles. The highest BCUT2D eigenvalue weighted by molar-refractivity contribution is 5.97. The molecule has 0 bridgehead atoms. The lowest BCUT2D eigenvalue weighted by Crippen LogP contribution is -2.41. The van der Waals surface area contributed by atoms with Gasteiger partial charge in [0.25, 0.3) is 0 Å². The number of carboxylic acid groups (broad SMARTS) is 1. The smallest absolute Gasteiger partial charge is 0.333 e. The molecule has 82 valence electrons. The molecule has 5 heteroatoms. The molecule has 2 heterocycles. The van der Waals surface area contributed by atoms with Gasteiger partial charge in [0, 0.05) is 12.2 Å². The minimum Gasteiger partial charge on any atom is -0.478 e. The minimum atomic E-state index is -0.986. The van der Waals surface area contributed by atoms with E-state index in [0.717, 1.165) is 25.9 Å². The Morgan fingerprint density at radius 1 is 1.47 bits per heavy atom. The van der Waals surface area contributed by atoms with Gasteiger partial charge in [0.15, 0.2) is 0 Å². The van der Waals surface area contributed by atoms with E-state index >= 15 is 0 Å². The van der Waals surface area contributed by atoms with E-state index in [1.54, 1.807) is 4.90 Å². The maximum Gasteiger partial charge on any atom is 0.333 e. The molecule has 2 N–H and O–H groups in total. The first-order valence-electron chi connectivity index (χ1n) is 5.14. The number of carboxylic acids is 1. The van der Waals surface area contributed by atoms with Crippen LogP contribution in [0.15, 0.2) is 11.8 Å². The van der Waals surface area contributed by atoms with E-state index in [9.17, 15) is 9.59 Å². The Balaban J connectivity index is 2.08. The number of hydrogen-bond acceptors (Lipinski definition) is 3. The number of carbonyl (C=O) groups excluding carboxylic acids is 1. The molecular formula is C10H14N2O3. The first-order chi connectivity index (χ1) is 7.18. The molecule has 0 aromatic heterocycles. The van der Waals surface area contributed by atoms with Crippen molar-refractivity contribution in [3.05, 3.63) is 11.8 Å². The lowest BCUT2D eigenvalue weighted by atomic mass is 10.1. The Hall–Kier alpha value is -1.36. The first kappa shape index (κ1) is 10.2. The van der Waals surface area contributed by atoms with Gasteiger partial charge in [-0.1, -0.05) is 0 Å². The van der Waals surface area contributed by atoms with Crippen LogP contribution in [-0.2, 0) is 9.59 Å². The van der Waals surface area contributed by atoms with E-state index in [1.165, 1.54) is 6.20 Å². The van der Waals surface area contributed by atoms with E-state index in [4.69, 9.17) is 5.11 Å². The molecule has 0 aliphatic carbocycles. The summed E-state index contributed by atoms with van der Waals surface area (Å²) in [6, 6.07) is 0.176. The fourth-order valence-electron chi connectivity index (χ4n) is 2.06. The summed E-state index contributed by atoms with van der Waals surface area (Å²) in [4.78, 5) is 23.9. The van der Waals surface area contributed by atoms with Gasteiger partial charge in [-0.15, -0.1) is 0 Å². The summed E-state index contributed by atoms with van der Waals surface area (Å²) in [6.45, 7) is 1.79. The molecule has 5 nitrogen and oxygen atoms in total. The standard InChI is InChI=1S/C10H14N2O3/c13-9-5-7(10(14)15)6-12(9)8-1-3-11-4-2-8/h6,8,11H,1-5H2,(H,14,15). The quantitative estimate of drug-likeness (QED) is 0.670. The summed E-state index contributed by atoms with van der Waals surface area (Å²) in [6.07, 6.45) is 3.34. The van der Waals surface area contributed by atoms with Crippen molar-refractivity contribution in [3.8, 4) is 0 Å². The van der Waals surface area contributed by atoms with Gasteiger partial charge >= 0.3 is 5.97 Å².